The van der Waals surface area contributed by atoms with Crippen LogP contribution in [0.3, 0.4) is 0 Å². The minimum atomic E-state index is -1.21. The first-order chi connectivity index (χ1) is 8.16. The summed E-state index contributed by atoms with van der Waals surface area (Å²) < 4.78 is 12.0. The van der Waals surface area contributed by atoms with Gasteiger partial charge in [-0.3, -0.25) is 9.00 Å². The molecule has 1 atom stereocenters. The molecule has 1 aliphatic rings. The maximum atomic E-state index is 12.0. The van der Waals surface area contributed by atoms with E-state index in [1.807, 2.05) is 36.1 Å². The van der Waals surface area contributed by atoms with Crippen molar-refractivity contribution < 1.29 is 9.00 Å². The van der Waals surface area contributed by atoms with Gasteiger partial charge in [0.05, 0.1) is 10.8 Å². The van der Waals surface area contributed by atoms with Crippen molar-refractivity contribution in [3.8, 4) is 0 Å². The van der Waals surface area contributed by atoms with Crippen molar-refractivity contribution in [1.82, 2.24) is 4.90 Å². The molecule has 1 amide bonds. The second-order valence-corrected chi connectivity index (χ2v) is 5.84. The number of amides is 1. The first-order valence-corrected chi connectivity index (χ1v) is 7.21. The summed E-state index contributed by atoms with van der Waals surface area (Å²) in [5.41, 5.74) is 1.14. The fraction of sp³-hybridized carbons (Fsp3) is 0.462. The van der Waals surface area contributed by atoms with Gasteiger partial charge >= 0.3 is 0 Å². The highest BCUT2D eigenvalue weighted by Crippen LogP contribution is 2.12. The fourth-order valence-corrected chi connectivity index (χ4v) is 2.96. The van der Waals surface area contributed by atoms with E-state index in [1.54, 1.807) is 0 Å². The second-order valence-electron chi connectivity index (χ2n) is 4.39. The van der Waals surface area contributed by atoms with Crippen molar-refractivity contribution in [1.29, 1.82) is 0 Å². The van der Waals surface area contributed by atoms with Gasteiger partial charge in [0.15, 0.2) is 0 Å². The zero-order valence-electron chi connectivity index (χ0n) is 10.0. The summed E-state index contributed by atoms with van der Waals surface area (Å²) in [6, 6.07) is 7.52. The predicted molar refractivity (Wildman–Crippen MR) is 68.3 cm³/mol. The van der Waals surface area contributed by atoms with Gasteiger partial charge in [0.1, 0.15) is 5.75 Å². The van der Waals surface area contributed by atoms with E-state index in [2.05, 4.69) is 0 Å². The van der Waals surface area contributed by atoms with Crippen molar-refractivity contribution in [3.63, 3.8) is 0 Å². The standard InChI is InChI=1S/C13H17NO2S/c1-11-4-6-12(7-5-11)17(16)10-13(15)14-8-2-3-9-14/h4-7H,2-3,8-10H2,1H3/t17-/m1/s1. The average molecular weight is 251 g/mol. The number of hydrogen-bond acceptors (Lipinski definition) is 2. The lowest BCUT2D eigenvalue weighted by Gasteiger charge is -2.14. The molecule has 1 heterocycles. The number of aryl methyl sites for hydroxylation is 1. The molecule has 0 spiro atoms. The maximum Gasteiger partial charge on any atom is 0.235 e. The first-order valence-electron chi connectivity index (χ1n) is 5.89. The lowest BCUT2D eigenvalue weighted by molar-refractivity contribution is -0.127. The maximum absolute atomic E-state index is 12.0. The summed E-state index contributed by atoms with van der Waals surface area (Å²) in [6.07, 6.45) is 2.14. The normalized spacial score (nSPS) is 17.1. The van der Waals surface area contributed by atoms with Crippen LogP contribution in [-0.2, 0) is 15.6 Å². The second kappa shape index (κ2) is 5.45. The Bertz CT molecular complexity index is 422. The molecule has 17 heavy (non-hydrogen) atoms. The zero-order chi connectivity index (χ0) is 12.3. The van der Waals surface area contributed by atoms with E-state index in [9.17, 15) is 9.00 Å². The fourth-order valence-electron chi connectivity index (χ4n) is 1.94. The van der Waals surface area contributed by atoms with Crippen LogP contribution in [-0.4, -0.2) is 33.9 Å². The highest BCUT2D eigenvalue weighted by Gasteiger charge is 2.20. The van der Waals surface area contributed by atoms with Crippen molar-refractivity contribution in [2.75, 3.05) is 18.8 Å². The molecule has 1 fully saturated rings. The van der Waals surface area contributed by atoms with Crippen molar-refractivity contribution in [2.45, 2.75) is 24.7 Å². The van der Waals surface area contributed by atoms with Crippen LogP contribution < -0.4 is 0 Å². The molecule has 1 aromatic rings. The molecule has 0 aliphatic carbocycles. The van der Waals surface area contributed by atoms with Gasteiger partial charge in [-0.05, 0) is 31.9 Å². The van der Waals surface area contributed by atoms with Crippen molar-refractivity contribution >= 4 is 16.7 Å². The summed E-state index contributed by atoms with van der Waals surface area (Å²) in [6.45, 7) is 3.63. The monoisotopic (exact) mass is 251 g/mol. The Kier molecular flexibility index (Phi) is 3.94. The first kappa shape index (κ1) is 12.3. The highest BCUT2D eigenvalue weighted by atomic mass is 32.2. The van der Waals surface area contributed by atoms with Gasteiger partial charge in [0.25, 0.3) is 0 Å². The van der Waals surface area contributed by atoms with Crippen LogP contribution >= 0.6 is 0 Å². The van der Waals surface area contributed by atoms with Crippen molar-refractivity contribution in [2.24, 2.45) is 0 Å². The molecular formula is C13H17NO2S. The number of benzene rings is 1. The van der Waals surface area contributed by atoms with Crippen LogP contribution in [0.25, 0.3) is 0 Å². The zero-order valence-corrected chi connectivity index (χ0v) is 10.8. The summed E-state index contributed by atoms with van der Waals surface area (Å²) in [5.74, 6) is 0.129. The van der Waals surface area contributed by atoms with Gasteiger partial charge in [-0.15, -0.1) is 0 Å². The molecule has 1 aliphatic heterocycles. The van der Waals surface area contributed by atoms with E-state index < -0.39 is 10.8 Å². The van der Waals surface area contributed by atoms with E-state index in [4.69, 9.17) is 0 Å². The molecule has 4 heteroatoms. The highest BCUT2D eigenvalue weighted by molar-refractivity contribution is 7.85. The lowest BCUT2D eigenvalue weighted by atomic mass is 10.2. The van der Waals surface area contributed by atoms with Crippen LogP contribution in [0.15, 0.2) is 29.2 Å². The third-order valence-corrected chi connectivity index (χ3v) is 4.30. The van der Waals surface area contributed by atoms with Crippen LogP contribution in [0, 0.1) is 6.92 Å². The number of carbonyl (C=O) groups excluding carboxylic acids is 1. The van der Waals surface area contributed by atoms with Gasteiger partial charge < -0.3 is 4.90 Å². The molecule has 0 aromatic heterocycles. The van der Waals surface area contributed by atoms with E-state index in [-0.39, 0.29) is 11.7 Å². The van der Waals surface area contributed by atoms with Gasteiger partial charge in [0, 0.05) is 18.0 Å². The number of carbonyl (C=O) groups is 1. The Balaban J connectivity index is 1.96. The van der Waals surface area contributed by atoms with E-state index in [1.165, 1.54) is 0 Å². The van der Waals surface area contributed by atoms with E-state index in [0.717, 1.165) is 36.4 Å². The molecule has 0 N–H and O–H groups in total. The average Bonchev–Trinajstić information content (AvgIpc) is 2.83. The van der Waals surface area contributed by atoms with Crippen molar-refractivity contribution in [3.05, 3.63) is 29.8 Å². The number of hydrogen-bond donors (Lipinski definition) is 0. The molecule has 1 aromatic carbocycles. The molecule has 92 valence electrons. The van der Waals surface area contributed by atoms with Crippen LogP contribution in [0.4, 0.5) is 0 Å². The largest absolute Gasteiger partial charge is 0.342 e. The third-order valence-electron chi connectivity index (χ3n) is 3.00. The Morgan fingerprint density at radius 3 is 2.41 bits per heavy atom. The number of likely N-dealkylation sites (tertiary alicyclic amines) is 1. The summed E-state index contributed by atoms with van der Waals surface area (Å²) >= 11 is 0. The minimum Gasteiger partial charge on any atom is -0.342 e. The summed E-state index contributed by atoms with van der Waals surface area (Å²) in [4.78, 5) is 14.4. The molecule has 0 unspecified atom stereocenters. The Morgan fingerprint density at radius 2 is 1.82 bits per heavy atom. The Morgan fingerprint density at radius 1 is 1.24 bits per heavy atom. The molecule has 0 saturated carbocycles. The molecule has 2 rings (SSSR count). The van der Waals surface area contributed by atoms with Crippen LogP contribution in [0.5, 0.6) is 0 Å². The third kappa shape index (κ3) is 3.16. The quantitative estimate of drug-likeness (QED) is 0.820. The topological polar surface area (TPSA) is 37.4 Å². The Hall–Kier alpha value is -1.16. The SMILES string of the molecule is Cc1ccc([S@](=O)CC(=O)N2CCCC2)cc1. The molecule has 3 nitrogen and oxygen atoms in total. The van der Waals surface area contributed by atoms with E-state index >= 15 is 0 Å². The molecule has 1 saturated heterocycles. The van der Waals surface area contributed by atoms with Gasteiger partial charge in [-0.1, -0.05) is 17.7 Å². The smallest absolute Gasteiger partial charge is 0.235 e. The van der Waals surface area contributed by atoms with Crippen LogP contribution in [0.2, 0.25) is 0 Å². The number of nitrogens with zero attached hydrogens (tertiary/aromatic N) is 1. The predicted octanol–water partition coefficient (Wildman–Crippen LogP) is 1.73. The molecule has 0 bridgehead atoms. The lowest BCUT2D eigenvalue weighted by Crippen LogP contribution is -2.31. The van der Waals surface area contributed by atoms with E-state index in [0.29, 0.717) is 0 Å². The van der Waals surface area contributed by atoms with Gasteiger partial charge in [-0.25, -0.2) is 0 Å². The van der Waals surface area contributed by atoms with Crippen LogP contribution in [0.1, 0.15) is 18.4 Å². The summed E-state index contributed by atoms with van der Waals surface area (Å²) in [5, 5.41) is 0. The summed E-state index contributed by atoms with van der Waals surface area (Å²) in [7, 11) is -1.21. The van der Waals surface area contributed by atoms with Gasteiger partial charge in [-0.2, -0.15) is 0 Å². The molecular weight excluding hydrogens is 234 g/mol. The minimum absolute atomic E-state index is 0.0152. The van der Waals surface area contributed by atoms with Gasteiger partial charge in [0.2, 0.25) is 5.91 Å². The number of rotatable bonds is 3. The molecule has 0 radical (unpaired) electrons. The Labute approximate surface area is 104 Å².